The van der Waals surface area contributed by atoms with Crippen LogP contribution in [0, 0.1) is 17.5 Å². The molecule has 0 unspecified atom stereocenters. The first-order chi connectivity index (χ1) is 17.1. The van der Waals surface area contributed by atoms with Crippen LogP contribution in [0.2, 0.25) is 0 Å². The van der Waals surface area contributed by atoms with E-state index in [1.807, 2.05) is 0 Å². The number of carbonyl (C=O) groups excluding carboxylic acids is 2. The summed E-state index contributed by atoms with van der Waals surface area (Å²) in [6, 6.07) is 11.2. The number of esters is 1. The lowest BCUT2D eigenvalue weighted by Gasteiger charge is -2.08. The summed E-state index contributed by atoms with van der Waals surface area (Å²) in [5, 5.41) is 0. The van der Waals surface area contributed by atoms with Gasteiger partial charge < -0.3 is 9.30 Å². The molecule has 1 amide bonds. The topological polar surface area (TPSA) is 107 Å². The van der Waals surface area contributed by atoms with Gasteiger partial charge in [0.1, 0.15) is 18.2 Å². The molecule has 1 heterocycles. The Morgan fingerprint density at radius 2 is 1.67 bits per heavy atom. The maximum atomic E-state index is 14.5. The summed E-state index contributed by atoms with van der Waals surface area (Å²) in [7, 11) is -2.85. The molecule has 8 nitrogen and oxygen atoms in total. The SMILES string of the molecule is COC(=O)Cn1c(=NC(=O)c2ccc(NS(=O)(=O)c3ccc(F)cc3)cc2)sc2cc(F)cc(F)c21. The van der Waals surface area contributed by atoms with Gasteiger partial charge in [0.25, 0.3) is 15.9 Å². The molecule has 0 saturated heterocycles. The van der Waals surface area contributed by atoms with Crippen LogP contribution in [0.3, 0.4) is 0 Å². The third kappa shape index (κ3) is 5.31. The fourth-order valence-electron chi connectivity index (χ4n) is 3.21. The van der Waals surface area contributed by atoms with Crippen LogP contribution in [0.5, 0.6) is 0 Å². The number of aromatic nitrogens is 1. The van der Waals surface area contributed by atoms with Crippen molar-refractivity contribution < 1.29 is 35.9 Å². The van der Waals surface area contributed by atoms with E-state index in [4.69, 9.17) is 0 Å². The lowest BCUT2D eigenvalue weighted by molar-refractivity contribution is -0.141. The number of sulfonamides is 1. The monoisotopic (exact) mass is 535 g/mol. The van der Waals surface area contributed by atoms with Crippen molar-refractivity contribution in [3.05, 3.63) is 88.5 Å². The zero-order chi connectivity index (χ0) is 26.0. The maximum Gasteiger partial charge on any atom is 0.325 e. The molecule has 4 aromatic rings. The largest absolute Gasteiger partial charge is 0.468 e. The highest BCUT2D eigenvalue weighted by Gasteiger charge is 2.18. The predicted molar refractivity (Wildman–Crippen MR) is 125 cm³/mol. The Hall–Kier alpha value is -3.97. The van der Waals surface area contributed by atoms with Gasteiger partial charge in [0.05, 0.1) is 22.2 Å². The number of anilines is 1. The lowest BCUT2D eigenvalue weighted by atomic mass is 10.2. The summed E-state index contributed by atoms with van der Waals surface area (Å²) in [4.78, 5) is 28.4. The number of benzene rings is 3. The molecule has 186 valence electrons. The Morgan fingerprint density at radius 1 is 1.00 bits per heavy atom. The molecule has 36 heavy (non-hydrogen) atoms. The number of amides is 1. The van der Waals surface area contributed by atoms with Crippen LogP contribution in [0.4, 0.5) is 18.9 Å². The highest BCUT2D eigenvalue weighted by Crippen LogP contribution is 2.23. The van der Waals surface area contributed by atoms with E-state index in [2.05, 4.69) is 14.5 Å². The second kappa shape index (κ2) is 9.95. The van der Waals surface area contributed by atoms with Gasteiger partial charge in [-0.05, 0) is 54.6 Å². The van der Waals surface area contributed by atoms with Crippen molar-refractivity contribution in [1.29, 1.82) is 0 Å². The van der Waals surface area contributed by atoms with Gasteiger partial charge in [-0.15, -0.1) is 0 Å². The van der Waals surface area contributed by atoms with Crippen LogP contribution >= 0.6 is 11.3 Å². The van der Waals surface area contributed by atoms with Crippen LogP contribution in [0.15, 0.2) is 70.6 Å². The minimum atomic E-state index is -3.99. The summed E-state index contributed by atoms with van der Waals surface area (Å²) in [5.41, 5.74) is 0.0911. The number of carbonyl (C=O) groups is 2. The number of methoxy groups -OCH3 is 1. The number of hydrogen-bond donors (Lipinski definition) is 1. The van der Waals surface area contributed by atoms with Gasteiger partial charge in [-0.2, -0.15) is 4.99 Å². The molecular weight excluding hydrogens is 519 g/mol. The number of thiazole rings is 1. The maximum absolute atomic E-state index is 14.5. The molecule has 0 fully saturated rings. The number of fused-ring (bicyclic) bond motifs is 1. The molecule has 0 aliphatic carbocycles. The molecule has 13 heteroatoms. The molecule has 0 bridgehead atoms. The molecule has 1 aromatic heterocycles. The third-order valence-electron chi connectivity index (χ3n) is 4.92. The third-order valence-corrected chi connectivity index (χ3v) is 7.34. The highest BCUT2D eigenvalue weighted by molar-refractivity contribution is 7.92. The van der Waals surface area contributed by atoms with E-state index in [1.54, 1.807) is 0 Å². The molecule has 0 aliphatic rings. The van der Waals surface area contributed by atoms with Gasteiger partial charge in [-0.1, -0.05) is 11.3 Å². The summed E-state index contributed by atoms with van der Waals surface area (Å²) in [6.07, 6.45) is 0. The number of ether oxygens (including phenoxy) is 1. The Morgan fingerprint density at radius 3 is 2.31 bits per heavy atom. The van der Waals surface area contributed by atoms with E-state index in [9.17, 15) is 31.2 Å². The van der Waals surface area contributed by atoms with Crippen LogP contribution in [0.1, 0.15) is 10.4 Å². The fourth-order valence-corrected chi connectivity index (χ4v) is 5.34. The van der Waals surface area contributed by atoms with Crippen molar-refractivity contribution in [3.8, 4) is 0 Å². The Balaban J connectivity index is 1.65. The molecule has 3 aromatic carbocycles. The number of nitrogens with zero attached hydrogens (tertiary/aromatic N) is 2. The van der Waals surface area contributed by atoms with Crippen molar-refractivity contribution in [3.63, 3.8) is 0 Å². The molecule has 0 atom stereocenters. The van der Waals surface area contributed by atoms with Crippen molar-refractivity contribution in [2.75, 3.05) is 11.8 Å². The number of rotatable bonds is 6. The summed E-state index contributed by atoms with van der Waals surface area (Å²) >= 11 is 0.807. The Labute approximate surface area is 206 Å². The van der Waals surface area contributed by atoms with Crippen molar-refractivity contribution in [2.45, 2.75) is 11.4 Å². The smallest absolute Gasteiger partial charge is 0.325 e. The van der Waals surface area contributed by atoms with Gasteiger partial charge >= 0.3 is 5.97 Å². The lowest BCUT2D eigenvalue weighted by Crippen LogP contribution is -2.23. The summed E-state index contributed by atoms with van der Waals surface area (Å²) in [5.74, 6) is -3.85. The van der Waals surface area contributed by atoms with Crippen molar-refractivity contribution in [1.82, 2.24) is 4.57 Å². The van der Waals surface area contributed by atoms with E-state index in [0.717, 1.165) is 53.3 Å². The minimum absolute atomic E-state index is 0.0634. The average molecular weight is 536 g/mol. The molecule has 1 N–H and O–H groups in total. The van der Waals surface area contributed by atoms with Crippen LogP contribution in [-0.2, 0) is 26.1 Å². The van der Waals surface area contributed by atoms with E-state index in [0.29, 0.717) is 6.07 Å². The Kier molecular flexibility index (Phi) is 6.95. The average Bonchev–Trinajstić information content (AvgIpc) is 3.15. The number of halogens is 3. The summed E-state index contributed by atoms with van der Waals surface area (Å²) in [6.45, 7) is -0.463. The van der Waals surface area contributed by atoms with Gasteiger partial charge in [0.2, 0.25) is 0 Å². The first-order valence-corrected chi connectivity index (χ1v) is 12.4. The van der Waals surface area contributed by atoms with E-state index in [1.165, 1.54) is 24.3 Å². The van der Waals surface area contributed by atoms with Crippen molar-refractivity contribution >= 4 is 49.1 Å². The second-order valence-electron chi connectivity index (χ2n) is 7.33. The van der Waals surface area contributed by atoms with Crippen molar-refractivity contribution in [2.24, 2.45) is 4.99 Å². The molecule has 0 radical (unpaired) electrons. The zero-order valence-corrected chi connectivity index (χ0v) is 20.0. The fraction of sp³-hybridized carbons (Fsp3) is 0.0870. The number of hydrogen-bond acceptors (Lipinski definition) is 6. The molecule has 4 rings (SSSR count). The van der Waals surface area contributed by atoms with Gasteiger partial charge in [-0.3, -0.25) is 14.3 Å². The molecule has 0 aliphatic heterocycles. The second-order valence-corrected chi connectivity index (χ2v) is 10.0. The zero-order valence-electron chi connectivity index (χ0n) is 18.4. The van der Waals surface area contributed by atoms with E-state index >= 15 is 0 Å². The Bertz CT molecular complexity index is 1650. The van der Waals surface area contributed by atoms with Crippen LogP contribution in [0.25, 0.3) is 10.2 Å². The molecule has 0 spiro atoms. The quantitative estimate of drug-likeness (QED) is 0.378. The van der Waals surface area contributed by atoms with Crippen LogP contribution < -0.4 is 9.52 Å². The van der Waals surface area contributed by atoms with Gasteiger partial charge in [0.15, 0.2) is 10.6 Å². The highest BCUT2D eigenvalue weighted by atomic mass is 32.2. The number of nitrogens with one attached hydrogen (secondary N) is 1. The summed E-state index contributed by atoms with van der Waals surface area (Å²) < 4.78 is 74.3. The predicted octanol–water partition coefficient (Wildman–Crippen LogP) is 3.84. The first-order valence-electron chi connectivity index (χ1n) is 10.1. The molecule has 0 saturated carbocycles. The standard InChI is InChI=1S/C23H16F3N3O5S2/c1-34-20(30)12-29-21-18(26)10-15(25)11-19(21)35-23(29)27-22(31)13-2-6-16(7-3-13)28-36(32,33)17-8-4-14(24)5-9-17/h2-11,28H,12H2,1H3. The van der Waals surface area contributed by atoms with Gasteiger partial charge in [-0.25, -0.2) is 21.6 Å². The van der Waals surface area contributed by atoms with E-state index < -0.39 is 45.9 Å². The van der Waals surface area contributed by atoms with Crippen LogP contribution in [-0.4, -0.2) is 32.0 Å². The normalized spacial score (nSPS) is 12.1. The molecular formula is C23H16F3N3O5S2. The minimum Gasteiger partial charge on any atom is -0.468 e. The first kappa shape index (κ1) is 25.1. The van der Waals surface area contributed by atoms with Gasteiger partial charge in [0, 0.05) is 17.3 Å². The van der Waals surface area contributed by atoms with E-state index in [-0.39, 0.29) is 31.2 Å².